The van der Waals surface area contributed by atoms with E-state index in [4.69, 9.17) is 0 Å². The van der Waals surface area contributed by atoms with Crippen LogP contribution in [0.5, 0.6) is 0 Å². The van der Waals surface area contributed by atoms with Crippen LogP contribution in [0.4, 0.5) is 0 Å². The fourth-order valence-electron chi connectivity index (χ4n) is 5.15. The molecule has 4 nitrogen and oxygen atoms in total. The SMILES string of the molecule is O=C(c1ccccc1)N1Cc2ccccc2CC2(CCCN2Cc2ccncc2)C1. The van der Waals surface area contributed by atoms with Gasteiger partial charge in [-0.25, -0.2) is 0 Å². The number of rotatable bonds is 3. The number of fused-ring (bicyclic) bond motifs is 1. The maximum atomic E-state index is 13.5. The molecule has 0 saturated carbocycles. The molecule has 1 fully saturated rings. The lowest BCUT2D eigenvalue weighted by molar-refractivity contribution is 0.0529. The molecule has 4 heteroatoms. The highest BCUT2D eigenvalue weighted by molar-refractivity contribution is 5.94. The Labute approximate surface area is 178 Å². The molecule has 1 unspecified atom stereocenters. The summed E-state index contributed by atoms with van der Waals surface area (Å²) in [5.74, 6) is 0.127. The summed E-state index contributed by atoms with van der Waals surface area (Å²) < 4.78 is 0. The summed E-state index contributed by atoms with van der Waals surface area (Å²) >= 11 is 0. The molecule has 1 atom stereocenters. The van der Waals surface area contributed by atoms with Crippen molar-refractivity contribution in [1.29, 1.82) is 0 Å². The Morgan fingerprint density at radius 3 is 2.47 bits per heavy atom. The number of hydrogen-bond donors (Lipinski definition) is 0. The van der Waals surface area contributed by atoms with E-state index in [-0.39, 0.29) is 11.4 Å². The van der Waals surface area contributed by atoms with Crippen LogP contribution >= 0.6 is 0 Å². The first-order chi connectivity index (χ1) is 14.7. The molecule has 0 radical (unpaired) electrons. The van der Waals surface area contributed by atoms with Gasteiger partial charge in [0.15, 0.2) is 0 Å². The average Bonchev–Trinajstić information content (AvgIpc) is 3.07. The largest absolute Gasteiger partial charge is 0.332 e. The van der Waals surface area contributed by atoms with E-state index in [2.05, 4.69) is 51.2 Å². The van der Waals surface area contributed by atoms with E-state index in [1.54, 1.807) is 0 Å². The molecule has 152 valence electrons. The predicted octanol–water partition coefficient (Wildman–Crippen LogP) is 4.31. The number of hydrogen-bond acceptors (Lipinski definition) is 3. The van der Waals surface area contributed by atoms with Crippen molar-refractivity contribution in [3.05, 3.63) is 101 Å². The fraction of sp³-hybridized carbons (Fsp3) is 0.308. The Hall–Kier alpha value is -2.98. The van der Waals surface area contributed by atoms with Crippen LogP contribution in [-0.2, 0) is 19.5 Å². The van der Waals surface area contributed by atoms with Gasteiger partial charge in [-0.2, -0.15) is 0 Å². The first-order valence-corrected chi connectivity index (χ1v) is 10.8. The molecule has 0 bridgehead atoms. The number of pyridine rings is 1. The van der Waals surface area contributed by atoms with Crippen LogP contribution in [0.15, 0.2) is 79.1 Å². The minimum atomic E-state index is -0.0275. The summed E-state index contributed by atoms with van der Waals surface area (Å²) in [4.78, 5) is 22.3. The average molecular weight is 398 g/mol. The van der Waals surface area contributed by atoms with Crippen molar-refractivity contribution in [3.8, 4) is 0 Å². The number of nitrogens with zero attached hydrogens (tertiary/aromatic N) is 3. The molecule has 3 aromatic rings. The molecule has 1 spiro atoms. The Bertz CT molecular complexity index is 1020. The minimum Gasteiger partial charge on any atom is -0.332 e. The lowest BCUT2D eigenvalue weighted by atomic mass is 9.87. The highest BCUT2D eigenvalue weighted by Gasteiger charge is 2.44. The van der Waals surface area contributed by atoms with Crippen molar-refractivity contribution in [3.63, 3.8) is 0 Å². The number of carbonyl (C=O) groups excluding carboxylic acids is 1. The van der Waals surface area contributed by atoms with E-state index in [9.17, 15) is 4.79 Å². The highest BCUT2D eigenvalue weighted by Crippen LogP contribution is 2.38. The topological polar surface area (TPSA) is 36.4 Å². The van der Waals surface area contributed by atoms with Crippen molar-refractivity contribution in [1.82, 2.24) is 14.8 Å². The third-order valence-electron chi connectivity index (χ3n) is 6.66. The molecule has 30 heavy (non-hydrogen) atoms. The van der Waals surface area contributed by atoms with Crippen molar-refractivity contribution in [2.45, 2.75) is 37.9 Å². The van der Waals surface area contributed by atoms with Gasteiger partial charge in [-0.05, 0) is 66.8 Å². The molecule has 1 amide bonds. The molecule has 2 aliphatic heterocycles. The van der Waals surface area contributed by atoms with E-state index in [0.717, 1.165) is 38.0 Å². The molecule has 5 rings (SSSR count). The number of carbonyl (C=O) groups is 1. The standard InChI is InChI=1S/C26H27N3O/c30-25(22-7-2-1-3-8-22)28-19-24-10-5-4-9-23(24)17-26(20-28)13-6-16-29(26)18-21-11-14-27-15-12-21/h1-5,7-12,14-15H,6,13,16-20H2. The summed E-state index contributed by atoms with van der Waals surface area (Å²) in [6.07, 6.45) is 7.01. The molecular weight excluding hydrogens is 370 g/mol. The van der Waals surface area contributed by atoms with Crippen molar-refractivity contribution >= 4 is 5.91 Å². The van der Waals surface area contributed by atoms with Gasteiger partial charge in [0.25, 0.3) is 5.91 Å². The zero-order valence-electron chi connectivity index (χ0n) is 17.2. The van der Waals surface area contributed by atoms with E-state index in [0.29, 0.717) is 6.54 Å². The molecule has 0 aliphatic carbocycles. The minimum absolute atomic E-state index is 0.0275. The number of benzene rings is 2. The summed E-state index contributed by atoms with van der Waals surface area (Å²) in [5.41, 5.74) is 4.67. The van der Waals surface area contributed by atoms with Crippen LogP contribution < -0.4 is 0 Å². The number of aromatic nitrogens is 1. The normalized spacial score (nSPS) is 21.4. The molecule has 2 aliphatic rings. The molecule has 1 saturated heterocycles. The maximum absolute atomic E-state index is 13.5. The van der Waals surface area contributed by atoms with Gasteiger partial charge in [0, 0.05) is 43.1 Å². The Balaban J connectivity index is 1.51. The van der Waals surface area contributed by atoms with Crippen LogP contribution in [0.2, 0.25) is 0 Å². The summed E-state index contributed by atoms with van der Waals surface area (Å²) in [7, 11) is 0. The summed E-state index contributed by atoms with van der Waals surface area (Å²) in [5, 5.41) is 0. The van der Waals surface area contributed by atoms with Gasteiger partial charge < -0.3 is 4.90 Å². The van der Waals surface area contributed by atoms with Crippen LogP contribution in [-0.4, -0.2) is 39.3 Å². The zero-order chi connectivity index (χ0) is 20.4. The second kappa shape index (κ2) is 8.04. The van der Waals surface area contributed by atoms with Gasteiger partial charge in [-0.1, -0.05) is 42.5 Å². The van der Waals surface area contributed by atoms with Gasteiger partial charge in [0.05, 0.1) is 0 Å². The first-order valence-electron chi connectivity index (χ1n) is 10.8. The van der Waals surface area contributed by atoms with Crippen molar-refractivity contribution in [2.24, 2.45) is 0 Å². The van der Waals surface area contributed by atoms with Gasteiger partial charge in [0.1, 0.15) is 0 Å². The molecular formula is C26H27N3O. The Morgan fingerprint density at radius 1 is 0.933 bits per heavy atom. The summed E-state index contributed by atoms with van der Waals surface area (Å²) in [6.45, 7) is 3.41. The lowest BCUT2D eigenvalue weighted by Crippen LogP contribution is -2.53. The maximum Gasteiger partial charge on any atom is 0.254 e. The van der Waals surface area contributed by atoms with E-state index in [1.807, 2.05) is 42.7 Å². The van der Waals surface area contributed by atoms with E-state index < -0.39 is 0 Å². The number of likely N-dealkylation sites (tertiary alicyclic amines) is 1. The van der Waals surface area contributed by atoms with E-state index >= 15 is 0 Å². The van der Waals surface area contributed by atoms with Gasteiger partial charge in [-0.15, -0.1) is 0 Å². The number of amides is 1. The van der Waals surface area contributed by atoms with E-state index in [1.165, 1.54) is 23.1 Å². The van der Waals surface area contributed by atoms with Gasteiger partial charge in [-0.3, -0.25) is 14.7 Å². The third-order valence-corrected chi connectivity index (χ3v) is 6.66. The molecule has 0 N–H and O–H groups in total. The van der Waals surface area contributed by atoms with Crippen LogP contribution in [0.3, 0.4) is 0 Å². The molecule has 3 heterocycles. The molecule has 1 aromatic heterocycles. The first kappa shape index (κ1) is 19.0. The second-order valence-corrected chi connectivity index (χ2v) is 8.58. The smallest absolute Gasteiger partial charge is 0.254 e. The quantitative estimate of drug-likeness (QED) is 0.661. The Morgan fingerprint density at radius 2 is 1.67 bits per heavy atom. The van der Waals surface area contributed by atoms with Crippen LogP contribution in [0.25, 0.3) is 0 Å². The summed E-state index contributed by atoms with van der Waals surface area (Å²) in [6, 6.07) is 22.5. The van der Waals surface area contributed by atoms with Crippen LogP contribution in [0, 0.1) is 0 Å². The Kier molecular flexibility index (Phi) is 5.09. The lowest BCUT2D eigenvalue weighted by Gasteiger charge is -2.41. The van der Waals surface area contributed by atoms with Crippen molar-refractivity contribution in [2.75, 3.05) is 13.1 Å². The monoisotopic (exact) mass is 397 g/mol. The van der Waals surface area contributed by atoms with Crippen molar-refractivity contribution < 1.29 is 4.79 Å². The third kappa shape index (κ3) is 3.63. The second-order valence-electron chi connectivity index (χ2n) is 8.58. The predicted molar refractivity (Wildman–Crippen MR) is 118 cm³/mol. The highest BCUT2D eigenvalue weighted by atomic mass is 16.2. The van der Waals surface area contributed by atoms with Gasteiger partial charge in [0.2, 0.25) is 0 Å². The van der Waals surface area contributed by atoms with Gasteiger partial charge >= 0.3 is 0 Å². The zero-order valence-corrected chi connectivity index (χ0v) is 17.2. The van der Waals surface area contributed by atoms with Crippen LogP contribution in [0.1, 0.15) is 39.9 Å². The molecule has 2 aromatic carbocycles. The fourth-order valence-corrected chi connectivity index (χ4v) is 5.15.